The minimum absolute atomic E-state index is 0.549. The van der Waals surface area contributed by atoms with Gasteiger partial charge < -0.3 is 0 Å². The van der Waals surface area contributed by atoms with E-state index < -0.39 is 0 Å². The molecule has 17 heavy (non-hydrogen) atoms. The zero-order valence-corrected chi connectivity index (χ0v) is 10.4. The number of halogens is 1. The summed E-state index contributed by atoms with van der Waals surface area (Å²) < 4.78 is 0. The van der Waals surface area contributed by atoms with Crippen LogP contribution in [0.1, 0.15) is 11.3 Å². The maximum absolute atomic E-state index is 6.09. The lowest BCUT2D eigenvalue weighted by atomic mass is 10.1. The number of hydrogen-bond acceptors (Lipinski definition) is 2. The molecule has 1 aromatic carbocycles. The van der Waals surface area contributed by atoms with Crippen LogP contribution in [0.5, 0.6) is 0 Å². The minimum Gasteiger partial charge on any atom is -0.251 e. The van der Waals surface area contributed by atoms with Gasteiger partial charge in [0, 0.05) is 16.5 Å². The van der Waals surface area contributed by atoms with Crippen molar-refractivity contribution in [3.63, 3.8) is 0 Å². The van der Waals surface area contributed by atoms with Gasteiger partial charge in [0.15, 0.2) is 0 Å². The molecule has 0 bridgehead atoms. The number of aromatic nitrogens is 2. The van der Waals surface area contributed by atoms with Crippen LogP contribution in [0.2, 0.25) is 5.15 Å². The molecule has 2 heterocycles. The maximum atomic E-state index is 6.09. The molecular weight excluding hydrogens is 232 g/mol. The number of aryl methyl sites for hydroxylation is 2. The Bertz CT molecular complexity index is 735. The van der Waals surface area contributed by atoms with E-state index in [0.29, 0.717) is 5.15 Å². The van der Waals surface area contributed by atoms with Crippen LogP contribution in [0, 0.1) is 13.8 Å². The van der Waals surface area contributed by atoms with Gasteiger partial charge in [-0.05, 0) is 31.5 Å². The largest absolute Gasteiger partial charge is 0.251 e. The third-order valence-corrected chi connectivity index (χ3v) is 3.30. The molecule has 3 heteroatoms. The Morgan fingerprint density at radius 2 is 1.53 bits per heavy atom. The van der Waals surface area contributed by atoms with Gasteiger partial charge in [0.1, 0.15) is 5.15 Å². The SMILES string of the molecule is Cc1ccc2ccc3cc(C)c(Cl)nc3c2n1. The van der Waals surface area contributed by atoms with E-state index in [4.69, 9.17) is 11.6 Å². The molecule has 0 saturated heterocycles. The first-order valence-electron chi connectivity index (χ1n) is 5.48. The molecule has 2 aromatic heterocycles. The van der Waals surface area contributed by atoms with Gasteiger partial charge in [-0.2, -0.15) is 0 Å². The second-order valence-corrected chi connectivity index (χ2v) is 4.62. The fourth-order valence-corrected chi connectivity index (χ4v) is 2.14. The van der Waals surface area contributed by atoms with E-state index in [1.807, 2.05) is 26.0 Å². The number of benzene rings is 1. The van der Waals surface area contributed by atoms with Crippen LogP contribution in [0.15, 0.2) is 30.3 Å². The number of hydrogen-bond donors (Lipinski definition) is 0. The summed E-state index contributed by atoms with van der Waals surface area (Å²) >= 11 is 6.09. The van der Waals surface area contributed by atoms with Gasteiger partial charge in [-0.25, -0.2) is 4.98 Å². The van der Waals surface area contributed by atoms with Gasteiger partial charge in [-0.1, -0.05) is 29.8 Å². The Morgan fingerprint density at radius 1 is 0.882 bits per heavy atom. The van der Waals surface area contributed by atoms with Gasteiger partial charge in [0.25, 0.3) is 0 Å². The summed E-state index contributed by atoms with van der Waals surface area (Å²) in [6.07, 6.45) is 0. The molecule has 0 amide bonds. The molecule has 0 aliphatic heterocycles. The van der Waals surface area contributed by atoms with Gasteiger partial charge in [0.2, 0.25) is 0 Å². The number of pyridine rings is 2. The molecule has 0 fully saturated rings. The van der Waals surface area contributed by atoms with Gasteiger partial charge >= 0.3 is 0 Å². The summed E-state index contributed by atoms with van der Waals surface area (Å²) in [7, 11) is 0. The predicted molar refractivity (Wildman–Crippen MR) is 71.5 cm³/mol. The van der Waals surface area contributed by atoms with E-state index in [2.05, 4.69) is 28.2 Å². The van der Waals surface area contributed by atoms with Crippen molar-refractivity contribution in [3.05, 3.63) is 46.7 Å². The van der Waals surface area contributed by atoms with Crippen LogP contribution in [0.4, 0.5) is 0 Å². The smallest absolute Gasteiger partial charge is 0.132 e. The van der Waals surface area contributed by atoms with Crippen LogP contribution in [0.25, 0.3) is 21.8 Å². The highest BCUT2D eigenvalue weighted by Crippen LogP contribution is 2.26. The third-order valence-electron chi connectivity index (χ3n) is 2.91. The van der Waals surface area contributed by atoms with Crippen LogP contribution in [-0.4, -0.2) is 9.97 Å². The second-order valence-electron chi connectivity index (χ2n) is 4.26. The number of fused-ring (bicyclic) bond motifs is 3. The minimum atomic E-state index is 0.549. The maximum Gasteiger partial charge on any atom is 0.132 e. The van der Waals surface area contributed by atoms with Crippen molar-refractivity contribution in [1.29, 1.82) is 0 Å². The van der Waals surface area contributed by atoms with Crippen LogP contribution < -0.4 is 0 Å². The van der Waals surface area contributed by atoms with Crippen molar-refractivity contribution in [2.75, 3.05) is 0 Å². The lowest BCUT2D eigenvalue weighted by Crippen LogP contribution is -1.89. The van der Waals surface area contributed by atoms with Crippen molar-refractivity contribution < 1.29 is 0 Å². The van der Waals surface area contributed by atoms with E-state index in [-0.39, 0.29) is 0 Å². The summed E-state index contributed by atoms with van der Waals surface area (Å²) in [4.78, 5) is 9.00. The molecule has 3 rings (SSSR count). The average Bonchev–Trinajstić information content (AvgIpc) is 2.31. The first-order valence-corrected chi connectivity index (χ1v) is 5.86. The van der Waals surface area contributed by atoms with E-state index in [9.17, 15) is 0 Å². The highest BCUT2D eigenvalue weighted by atomic mass is 35.5. The predicted octanol–water partition coefficient (Wildman–Crippen LogP) is 4.05. The second kappa shape index (κ2) is 3.67. The molecule has 0 N–H and O–H groups in total. The van der Waals surface area contributed by atoms with E-state index in [1.54, 1.807) is 0 Å². The average molecular weight is 243 g/mol. The molecule has 0 aliphatic carbocycles. The van der Waals surface area contributed by atoms with Crippen molar-refractivity contribution in [2.24, 2.45) is 0 Å². The molecule has 0 unspecified atom stereocenters. The molecule has 0 spiro atoms. The van der Waals surface area contributed by atoms with E-state index in [0.717, 1.165) is 33.1 Å². The topological polar surface area (TPSA) is 25.8 Å². The first kappa shape index (κ1) is 10.5. The van der Waals surface area contributed by atoms with E-state index >= 15 is 0 Å². The summed E-state index contributed by atoms with van der Waals surface area (Å²) in [6.45, 7) is 3.94. The van der Waals surface area contributed by atoms with Crippen LogP contribution in [-0.2, 0) is 0 Å². The van der Waals surface area contributed by atoms with Gasteiger partial charge in [-0.3, -0.25) is 4.98 Å². The fourth-order valence-electron chi connectivity index (χ4n) is 2.00. The lowest BCUT2D eigenvalue weighted by Gasteiger charge is -2.05. The normalized spacial score (nSPS) is 11.2. The van der Waals surface area contributed by atoms with Crippen molar-refractivity contribution in [1.82, 2.24) is 9.97 Å². The number of nitrogens with zero attached hydrogens (tertiary/aromatic N) is 2. The molecule has 3 aromatic rings. The quantitative estimate of drug-likeness (QED) is 0.439. The molecule has 2 nitrogen and oxygen atoms in total. The highest BCUT2D eigenvalue weighted by Gasteiger charge is 2.06. The van der Waals surface area contributed by atoms with Crippen molar-refractivity contribution in [2.45, 2.75) is 13.8 Å². The Morgan fingerprint density at radius 3 is 2.35 bits per heavy atom. The van der Waals surface area contributed by atoms with Crippen LogP contribution in [0.3, 0.4) is 0 Å². The van der Waals surface area contributed by atoms with Gasteiger partial charge in [0.05, 0.1) is 11.0 Å². The summed E-state index contributed by atoms with van der Waals surface area (Å²) in [5.41, 5.74) is 3.78. The zero-order chi connectivity index (χ0) is 12.0. The lowest BCUT2D eigenvalue weighted by molar-refractivity contribution is 1.25. The number of rotatable bonds is 0. The molecule has 0 radical (unpaired) electrons. The summed E-state index contributed by atoms with van der Waals surface area (Å²) in [5.74, 6) is 0. The van der Waals surface area contributed by atoms with Crippen LogP contribution >= 0.6 is 11.6 Å². The Balaban J connectivity index is 2.53. The molecule has 0 saturated carbocycles. The van der Waals surface area contributed by atoms with Crippen molar-refractivity contribution in [3.8, 4) is 0 Å². The standard InChI is InChI=1S/C14H11ClN2/c1-8-7-11-6-5-10-4-3-9(2)16-12(10)13(11)17-14(8)15/h3-7H,1-2H3. The molecule has 0 atom stereocenters. The summed E-state index contributed by atoms with van der Waals surface area (Å²) in [5, 5.41) is 2.72. The highest BCUT2D eigenvalue weighted by molar-refractivity contribution is 6.30. The monoisotopic (exact) mass is 242 g/mol. The van der Waals surface area contributed by atoms with Crippen molar-refractivity contribution >= 4 is 33.4 Å². The fraction of sp³-hybridized carbons (Fsp3) is 0.143. The zero-order valence-electron chi connectivity index (χ0n) is 9.66. The Labute approximate surface area is 104 Å². The first-order chi connectivity index (χ1) is 8.15. The molecular formula is C14H11ClN2. The summed E-state index contributed by atoms with van der Waals surface area (Å²) in [6, 6.07) is 10.2. The third kappa shape index (κ3) is 1.65. The van der Waals surface area contributed by atoms with Gasteiger partial charge in [-0.15, -0.1) is 0 Å². The molecule has 0 aliphatic rings. The Kier molecular flexibility index (Phi) is 2.26. The Hall–Kier alpha value is -1.67. The molecule has 84 valence electrons. The van der Waals surface area contributed by atoms with E-state index in [1.165, 1.54) is 0 Å².